The highest BCUT2D eigenvalue weighted by Crippen LogP contribution is 2.23. The molecule has 0 aromatic heterocycles. The van der Waals surface area contributed by atoms with Crippen LogP contribution in [0.4, 0.5) is 0 Å². The normalized spacial score (nSPS) is 19.6. The third-order valence-electron chi connectivity index (χ3n) is 6.13. The molecule has 1 atom stereocenters. The lowest BCUT2D eigenvalue weighted by molar-refractivity contribution is 0.0708. The van der Waals surface area contributed by atoms with E-state index in [1.54, 1.807) is 54.6 Å². The molecule has 2 saturated heterocycles. The summed E-state index contributed by atoms with van der Waals surface area (Å²) in [7, 11) is -3.37. The zero-order valence-corrected chi connectivity index (χ0v) is 18.6. The van der Waals surface area contributed by atoms with Crippen molar-refractivity contribution < 1.29 is 17.9 Å². The molecule has 2 aromatic carbocycles. The minimum absolute atomic E-state index is 0.0640. The van der Waals surface area contributed by atoms with Crippen molar-refractivity contribution in [3.8, 4) is 5.75 Å². The maximum Gasteiger partial charge on any atom is 0.254 e. The summed E-state index contributed by atoms with van der Waals surface area (Å²) in [5.74, 6) is 0.540. The van der Waals surface area contributed by atoms with E-state index in [-0.39, 0.29) is 18.3 Å². The van der Waals surface area contributed by atoms with E-state index in [9.17, 15) is 13.2 Å². The van der Waals surface area contributed by atoms with Gasteiger partial charge in [0.2, 0.25) is 0 Å². The van der Waals surface area contributed by atoms with Gasteiger partial charge in [0.05, 0.1) is 10.6 Å². The quantitative estimate of drug-likeness (QED) is 0.628. The second-order valence-corrected chi connectivity index (χ2v) is 10.4. The first kappa shape index (κ1) is 21.8. The number of amides is 1. The molecular formula is C24H30N2O4S. The smallest absolute Gasteiger partial charge is 0.254 e. The molecule has 7 heteroatoms. The number of hydrogen-bond donors (Lipinski definition) is 0. The highest BCUT2D eigenvalue weighted by Gasteiger charge is 2.31. The summed E-state index contributed by atoms with van der Waals surface area (Å²) in [5, 5.41) is 0. The molecule has 2 aromatic rings. The van der Waals surface area contributed by atoms with Gasteiger partial charge in [-0.15, -0.1) is 0 Å². The number of carbonyl (C=O) groups is 1. The third kappa shape index (κ3) is 5.46. The van der Waals surface area contributed by atoms with Crippen LogP contribution in [-0.2, 0) is 9.84 Å². The van der Waals surface area contributed by atoms with E-state index in [1.165, 1.54) is 12.8 Å². The fraction of sp³-hybridized carbons (Fsp3) is 0.458. The number of benzene rings is 2. The molecule has 0 bridgehead atoms. The van der Waals surface area contributed by atoms with Crippen LogP contribution in [0.1, 0.15) is 36.0 Å². The van der Waals surface area contributed by atoms with Gasteiger partial charge >= 0.3 is 0 Å². The van der Waals surface area contributed by atoms with Crippen LogP contribution < -0.4 is 4.74 Å². The average Bonchev–Trinajstić information content (AvgIpc) is 3.47. The molecule has 0 saturated carbocycles. The van der Waals surface area contributed by atoms with Crippen LogP contribution in [0.15, 0.2) is 59.5 Å². The number of hydrogen-bond acceptors (Lipinski definition) is 5. The molecule has 2 fully saturated rings. The molecule has 0 aliphatic carbocycles. The van der Waals surface area contributed by atoms with Crippen molar-refractivity contribution in [2.75, 3.05) is 38.5 Å². The maximum absolute atomic E-state index is 13.0. The van der Waals surface area contributed by atoms with Crippen molar-refractivity contribution >= 4 is 15.7 Å². The van der Waals surface area contributed by atoms with Crippen LogP contribution in [0, 0.1) is 0 Å². The minimum Gasteiger partial charge on any atom is -0.493 e. The second kappa shape index (κ2) is 9.83. The van der Waals surface area contributed by atoms with Crippen LogP contribution in [0.25, 0.3) is 0 Å². The van der Waals surface area contributed by atoms with Gasteiger partial charge in [-0.3, -0.25) is 4.79 Å². The molecule has 0 spiro atoms. The van der Waals surface area contributed by atoms with Gasteiger partial charge < -0.3 is 14.5 Å². The monoisotopic (exact) mass is 442 g/mol. The predicted molar refractivity (Wildman–Crippen MR) is 120 cm³/mol. The van der Waals surface area contributed by atoms with Crippen LogP contribution in [0.2, 0.25) is 0 Å². The molecule has 2 aliphatic heterocycles. The predicted octanol–water partition coefficient (Wildman–Crippen LogP) is 3.24. The van der Waals surface area contributed by atoms with Gasteiger partial charge in [-0.1, -0.05) is 18.2 Å². The van der Waals surface area contributed by atoms with Crippen LogP contribution in [0.5, 0.6) is 5.75 Å². The van der Waals surface area contributed by atoms with E-state index in [0.717, 1.165) is 39.0 Å². The standard InChI is InChI=1S/C24H30N2O4S/c27-24(26-16-6-7-21(26)19-25-14-4-5-15-25)20-10-12-22(13-11-20)30-17-18-31(28,29)23-8-2-1-3-9-23/h1-3,8-13,21H,4-7,14-19H2. The fourth-order valence-electron chi connectivity index (χ4n) is 4.43. The van der Waals surface area contributed by atoms with Crippen molar-refractivity contribution in [1.82, 2.24) is 9.80 Å². The molecule has 0 radical (unpaired) electrons. The molecule has 166 valence electrons. The minimum atomic E-state index is -3.37. The summed E-state index contributed by atoms with van der Waals surface area (Å²) in [4.78, 5) is 17.8. The van der Waals surface area contributed by atoms with Gasteiger partial charge in [0.25, 0.3) is 5.91 Å². The summed E-state index contributed by atoms with van der Waals surface area (Å²) >= 11 is 0. The van der Waals surface area contributed by atoms with Crippen molar-refractivity contribution in [2.24, 2.45) is 0 Å². The largest absolute Gasteiger partial charge is 0.493 e. The van der Waals surface area contributed by atoms with E-state index < -0.39 is 9.84 Å². The summed E-state index contributed by atoms with van der Waals surface area (Å²) in [6.45, 7) is 4.14. The topological polar surface area (TPSA) is 66.9 Å². The molecular weight excluding hydrogens is 412 g/mol. The highest BCUT2D eigenvalue weighted by molar-refractivity contribution is 7.91. The van der Waals surface area contributed by atoms with Gasteiger partial charge in [0.15, 0.2) is 9.84 Å². The van der Waals surface area contributed by atoms with E-state index in [0.29, 0.717) is 22.3 Å². The number of carbonyl (C=O) groups excluding carboxylic acids is 1. The van der Waals surface area contributed by atoms with Gasteiger partial charge in [-0.2, -0.15) is 0 Å². The first-order valence-corrected chi connectivity index (χ1v) is 12.7. The summed E-state index contributed by atoms with van der Waals surface area (Å²) in [6.07, 6.45) is 4.64. The summed E-state index contributed by atoms with van der Waals surface area (Å²) in [6, 6.07) is 15.7. The molecule has 6 nitrogen and oxygen atoms in total. The molecule has 2 heterocycles. The van der Waals surface area contributed by atoms with Crippen LogP contribution >= 0.6 is 0 Å². The lowest BCUT2D eigenvalue weighted by atomic mass is 10.1. The molecule has 2 aliphatic rings. The molecule has 31 heavy (non-hydrogen) atoms. The van der Waals surface area contributed by atoms with Crippen LogP contribution in [-0.4, -0.2) is 68.7 Å². The number of rotatable bonds is 8. The Kier molecular flexibility index (Phi) is 6.92. The Hall–Kier alpha value is -2.38. The zero-order valence-electron chi connectivity index (χ0n) is 17.8. The number of likely N-dealkylation sites (tertiary alicyclic amines) is 2. The highest BCUT2D eigenvalue weighted by atomic mass is 32.2. The zero-order chi connectivity index (χ0) is 21.7. The molecule has 4 rings (SSSR count). The Morgan fingerprint density at radius 2 is 1.65 bits per heavy atom. The second-order valence-electron chi connectivity index (χ2n) is 8.31. The van der Waals surface area contributed by atoms with Crippen molar-refractivity contribution in [3.05, 3.63) is 60.2 Å². The van der Waals surface area contributed by atoms with Crippen molar-refractivity contribution in [2.45, 2.75) is 36.6 Å². The fourth-order valence-corrected chi connectivity index (χ4v) is 5.54. The first-order valence-electron chi connectivity index (χ1n) is 11.1. The van der Waals surface area contributed by atoms with Crippen molar-refractivity contribution in [3.63, 3.8) is 0 Å². The maximum atomic E-state index is 13.0. The van der Waals surface area contributed by atoms with Gasteiger partial charge in [0, 0.05) is 24.7 Å². The molecule has 1 amide bonds. The number of sulfone groups is 1. The Morgan fingerprint density at radius 3 is 2.35 bits per heavy atom. The van der Waals surface area contributed by atoms with Gasteiger partial charge in [-0.25, -0.2) is 8.42 Å². The number of nitrogens with zero attached hydrogens (tertiary/aromatic N) is 2. The van der Waals surface area contributed by atoms with E-state index in [2.05, 4.69) is 4.90 Å². The van der Waals surface area contributed by atoms with Crippen molar-refractivity contribution in [1.29, 1.82) is 0 Å². The average molecular weight is 443 g/mol. The Labute approximate surface area is 184 Å². The first-order chi connectivity index (χ1) is 15.0. The van der Waals surface area contributed by atoms with E-state index >= 15 is 0 Å². The molecule has 1 unspecified atom stereocenters. The SMILES string of the molecule is O=C(c1ccc(OCCS(=O)(=O)c2ccccc2)cc1)N1CCCC1CN1CCCC1. The van der Waals surface area contributed by atoms with E-state index in [4.69, 9.17) is 4.74 Å². The summed E-state index contributed by atoms with van der Waals surface area (Å²) < 4.78 is 30.3. The van der Waals surface area contributed by atoms with Crippen LogP contribution in [0.3, 0.4) is 0 Å². The third-order valence-corrected chi connectivity index (χ3v) is 7.82. The van der Waals surface area contributed by atoms with Gasteiger partial charge in [0.1, 0.15) is 12.4 Å². The lowest BCUT2D eigenvalue weighted by Crippen LogP contribution is -2.42. The Bertz CT molecular complexity index is 970. The number of ether oxygens (including phenoxy) is 1. The Balaban J connectivity index is 1.31. The van der Waals surface area contributed by atoms with Gasteiger partial charge in [-0.05, 0) is 75.2 Å². The summed E-state index contributed by atoms with van der Waals surface area (Å²) in [5.41, 5.74) is 0.651. The lowest BCUT2D eigenvalue weighted by Gasteiger charge is -2.28. The molecule has 0 N–H and O–H groups in total. The Morgan fingerprint density at radius 1 is 0.935 bits per heavy atom. The van der Waals surface area contributed by atoms with E-state index in [1.807, 2.05) is 4.90 Å².